The molecule has 0 aliphatic rings. The molecule has 0 fully saturated rings. The predicted molar refractivity (Wildman–Crippen MR) is 43.5 cm³/mol. The monoisotopic (exact) mass is 174 g/mol. The van der Waals surface area contributed by atoms with Gasteiger partial charge in [0.15, 0.2) is 0 Å². The van der Waals surface area contributed by atoms with Crippen LogP contribution >= 0.6 is 0 Å². The molecule has 0 radical (unpaired) electrons. The van der Waals surface area contributed by atoms with Crippen molar-refractivity contribution in [2.75, 3.05) is 19.8 Å². The summed E-state index contributed by atoms with van der Waals surface area (Å²) in [5, 5.41) is 17.1. The van der Waals surface area contributed by atoms with Crippen molar-refractivity contribution in [2.24, 2.45) is 0 Å². The number of carbonyl (C=O) groups is 1. The van der Waals surface area contributed by atoms with Crippen LogP contribution in [0.1, 0.15) is 13.3 Å². The molecular weight excluding hydrogens is 160 g/mol. The van der Waals surface area contributed by atoms with E-state index in [-0.39, 0.29) is 12.2 Å². The second-order valence-corrected chi connectivity index (χ2v) is 2.21. The summed E-state index contributed by atoms with van der Waals surface area (Å²) in [5.41, 5.74) is 0.103. The normalized spacial score (nSPS) is 11.4. The fourth-order valence-electron chi connectivity index (χ4n) is 0.610. The SMILES string of the molecule is CCCOC(=O)C(=CCO)CO. The van der Waals surface area contributed by atoms with E-state index >= 15 is 0 Å². The molecule has 0 aliphatic heterocycles. The first-order valence-corrected chi connectivity index (χ1v) is 3.84. The van der Waals surface area contributed by atoms with Crippen molar-refractivity contribution in [1.82, 2.24) is 0 Å². The van der Waals surface area contributed by atoms with E-state index in [1.807, 2.05) is 6.92 Å². The van der Waals surface area contributed by atoms with Crippen LogP contribution in [0.15, 0.2) is 11.6 Å². The van der Waals surface area contributed by atoms with E-state index in [1.54, 1.807) is 0 Å². The molecular formula is C8H14O4. The van der Waals surface area contributed by atoms with Gasteiger partial charge in [-0.3, -0.25) is 0 Å². The van der Waals surface area contributed by atoms with Crippen LogP contribution in [0.5, 0.6) is 0 Å². The maximum absolute atomic E-state index is 11.0. The van der Waals surface area contributed by atoms with Gasteiger partial charge in [0.25, 0.3) is 0 Å². The number of hydrogen-bond acceptors (Lipinski definition) is 4. The lowest BCUT2D eigenvalue weighted by atomic mass is 10.3. The fourth-order valence-corrected chi connectivity index (χ4v) is 0.610. The van der Waals surface area contributed by atoms with Crippen molar-refractivity contribution >= 4 is 5.97 Å². The minimum Gasteiger partial charge on any atom is -0.462 e. The minimum atomic E-state index is -0.562. The van der Waals surface area contributed by atoms with Gasteiger partial charge in [-0.1, -0.05) is 6.92 Å². The van der Waals surface area contributed by atoms with E-state index in [1.165, 1.54) is 6.08 Å². The highest BCUT2D eigenvalue weighted by Crippen LogP contribution is 1.97. The van der Waals surface area contributed by atoms with E-state index in [9.17, 15) is 4.79 Å². The topological polar surface area (TPSA) is 66.8 Å². The Morgan fingerprint density at radius 1 is 1.50 bits per heavy atom. The minimum absolute atomic E-state index is 0.103. The molecule has 0 aromatic rings. The first-order valence-electron chi connectivity index (χ1n) is 3.84. The van der Waals surface area contributed by atoms with Crippen LogP contribution in [-0.2, 0) is 9.53 Å². The highest BCUT2D eigenvalue weighted by atomic mass is 16.5. The van der Waals surface area contributed by atoms with Crippen molar-refractivity contribution < 1.29 is 19.7 Å². The Labute approximate surface area is 71.5 Å². The molecule has 0 aliphatic carbocycles. The third-order valence-electron chi connectivity index (χ3n) is 1.21. The molecule has 0 aromatic heterocycles. The number of rotatable bonds is 5. The molecule has 0 atom stereocenters. The van der Waals surface area contributed by atoms with E-state index in [4.69, 9.17) is 14.9 Å². The third-order valence-corrected chi connectivity index (χ3v) is 1.21. The maximum Gasteiger partial charge on any atom is 0.336 e. The molecule has 0 rings (SSSR count). The first-order chi connectivity index (χ1) is 5.76. The molecule has 0 spiro atoms. The zero-order chi connectivity index (χ0) is 9.40. The summed E-state index contributed by atoms with van der Waals surface area (Å²) < 4.78 is 4.72. The van der Waals surface area contributed by atoms with Crippen molar-refractivity contribution in [1.29, 1.82) is 0 Å². The van der Waals surface area contributed by atoms with Crippen LogP contribution in [-0.4, -0.2) is 36.0 Å². The van der Waals surface area contributed by atoms with E-state index < -0.39 is 12.6 Å². The Bertz CT molecular complexity index is 162. The predicted octanol–water partition coefficient (Wildman–Crippen LogP) is -0.149. The van der Waals surface area contributed by atoms with Crippen molar-refractivity contribution in [3.05, 3.63) is 11.6 Å². The summed E-state index contributed by atoms with van der Waals surface area (Å²) in [4.78, 5) is 11.0. The highest BCUT2D eigenvalue weighted by molar-refractivity contribution is 5.88. The number of aliphatic hydroxyl groups is 2. The number of carbonyl (C=O) groups excluding carboxylic acids is 1. The molecule has 4 nitrogen and oxygen atoms in total. The van der Waals surface area contributed by atoms with Gasteiger partial charge in [-0.25, -0.2) is 4.79 Å². The van der Waals surface area contributed by atoms with Crippen molar-refractivity contribution in [3.8, 4) is 0 Å². The number of hydrogen-bond donors (Lipinski definition) is 2. The van der Waals surface area contributed by atoms with Crippen LogP contribution in [0.3, 0.4) is 0 Å². The molecule has 0 saturated carbocycles. The highest BCUT2D eigenvalue weighted by Gasteiger charge is 2.07. The molecule has 0 saturated heterocycles. The lowest BCUT2D eigenvalue weighted by Gasteiger charge is -2.03. The van der Waals surface area contributed by atoms with Crippen molar-refractivity contribution in [3.63, 3.8) is 0 Å². The molecule has 70 valence electrons. The van der Waals surface area contributed by atoms with Gasteiger partial charge < -0.3 is 14.9 Å². The summed E-state index contributed by atoms with van der Waals surface area (Å²) in [6, 6.07) is 0. The average molecular weight is 174 g/mol. The zero-order valence-electron chi connectivity index (χ0n) is 7.12. The van der Waals surface area contributed by atoms with Gasteiger partial charge in [-0.2, -0.15) is 0 Å². The lowest BCUT2D eigenvalue weighted by Crippen LogP contribution is -2.12. The largest absolute Gasteiger partial charge is 0.462 e. The third kappa shape index (κ3) is 4.10. The molecule has 0 bridgehead atoms. The summed E-state index contributed by atoms with van der Waals surface area (Å²) in [6.07, 6.45) is 1.97. The lowest BCUT2D eigenvalue weighted by molar-refractivity contribution is -0.139. The van der Waals surface area contributed by atoms with Gasteiger partial charge in [0.05, 0.1) is 25.4 Å². The van der Waals surface area contributed by atoms with E-state index in [2.05, 4.69) is 0 Å². The summed E-state index contributed by atoms with van der Waals surface area (Å²) >= 11 is 0. The van der Waals surface area contributed by atoms with Crippen LogP contribution in [0.4, 0.5) is 0 Å². The van der Waals surface area contributed by atoms with Gasteiger partial charge in [-0.05, 0) is 12.5 Å². The van der Waals surface area contributed by atoms with E-state index in [0.717, 1.165) is 6.42 Å². The van der Waals surface area contributed by atoms with Crippen LogP contribution in [0, 0.1) is 0 Å². The fraction of sp³-hybridized carbons (Fsp3) is 0.625. The Kier molecular flexibility index (Phi) is 6.32. The molecule has 0 aromatic carbocycles. The second kappa shape index (κ2) is 6.82. The van der Waals surface area contributed by atoms with Gasteiger partial charge in [0.1, 0.15) is 0 Å². The van der Waals surface area contributed by atoms with Crippen LogP contribution in [0.2, 0.25) is 0 Å². The summed E-state index contributed by atoms with van der Waals surface area (Å²) in [6.45, 7) is 1.55. The summed E-state index contributed by atoms with van der Waals surface area (Å²) in [7, 11) is 0. The Morgan fingerprint density at radius 3 is 2.58 bits per heavy atom. The summed E-state index contributed by atoms with van der Waals surface area (Å²) in [5.74, 6) is -0.562. The smallest absolute Gasteiger partial charge is 0.336 e. The van der Waals surface area contributed by atoms with Crippen LogP contribution < -0.4 is 0 Å². The maximum atomic E-state index is 11.0. The Balaban J connectivity index is 3.95. The molecule has 4 heteroatoms. The Hall–Kier alpha value is -0.870. The molecule has 2 N–H and O–H groups in total. The quantitative estimate of drug-likeness (QED) is 0.449. The molecule has 0 heterocycles. The first kappa shape index (κ1) is 11.1. The standard InChI is InChI=1S/C8H14O4/c1-2-5-12-8(11)7(6-10)3-4-9/h3,9-10H,2,4-6H2,1H3. The number of aliphatic hydroxyl groups excluding tert-OH is 2. The Morgan fingerprint density at radius 2 is 2.17 bits per heavy atom. The van der Waals surface area contributed by atoms with Gasteiger partial charge >= 0.3 is 5.97 Å². The van der Waals surface area contributed by atoms with Gasteiger partial charge in [0, 0.05) is 0 Å². The van der Waals surface area contributed by atoms with E-state index in [0.29, 0.717) is 6.61 Å². The zero-order valence-corrected chi connectivity index (χ0v) is 7.12. The van der Waals surface area contributed by atoms with Crippen LogP contribution in [0.25, 0.3) is 0 Å². The molecule has 12 heavy (non-hydrogen) atoms. The van der Waals surface area contributed by atoms with Crippen molar-refractivity contribution in [2.45, 2.75) is 13.3 Å². The molecule has 0 amide bonds. The molecule has 0 unspecified atom stereocenters. The number of ether oxygens (including phenoxy) is 1. The van der Waals surface area contributed by atoms with Gasteiger partial charge in [-0.15, -0.1) is 0 Å². The number of esters is 1. The van der Waals surface area contributed by atoms with Gasteiger partial charge in [0.2, 0.25) is 0 Å². The average Bonchev–Trinajstić information content (AvgIpc) is 2.10. The second-order valence-electron chi connectivity index (χ2n) is 2.21.